The highest BCUT2D eigenvalue weighted by Gasteiger charge is 2.25. The molecule has 0 radical (unpaired) electrons. The normalized spacial score (nSPS) is 16.5. The number of amides is 1. The van der Waals surface area contributed by atoms with Crippen molar-refractivity contribution < 1.29 is 9.53 Å². The van der Waals surface area contributed by atoms with Gasteiger partial charge in [0.05, 0.1) is 6.04 Å². The number of anilines is 1. The molecule has 28 heavy (non-hydrogen) atoms. The van der Waals surface area contributed by atoms with Gasteiger partial charge in [-0.2, -0.15) is 0 Å². The number of carbonyl (C=O) groups excluding carboxylic acids is 1. The first-order chi connectivity index (χ1) is 13.7. The first-order valence-corrected chi connectivity index (χ1v) is 10.2. The maximum absolute atomic E-state index is 12.6. The summed E-state index contributed by atoms with van der Waals surface area (Å²) in [6, 6.07) is 17.9. The van der Waals surface area contributed by atoms with E-state index < -0.39 is 0 Å². The lowest BCUT2D eigenvalue weighted by molar-refractivity contribution is -0.121. The zero-order valence-electron chi connectivity index (χ0n) is 16.9. The van der Waals surface area contributed by atoms with E-state index in [2.05, 4.69) is 34.2 Å². The summed E-state index contributed by atoms with van der Waals surface area (Å²) in [5, 5.41) is 3.04. The molecule has 150 valence electrons. The average Bonchev–Trinajstić information content (AvgIpc) is 2.75. The number of nitrogens with one attached hydrogen (secondary N) is 1. The van der Waals surface area contributed by atoms with Crippen molar-refractivity contribution in [2.75, 3.05) is 44.6 Å². The van der Waals surface area contributed by atoms with Gasteiger partial charge in [-0.15, -0.1) is 0 Å². The van der Waals surface area contributed by atoms with Gasteiger partial charge in [-0.1, -0.05) is 37.3 Å². The van der Waals surface area contributed by atoms with Crippen molar-refractivity contribution in [1.82, 2.24) is 9.80 Å². The molecule has 5 heteroatoms. The Balaban J connectivity index is 1.38. The zero-order valence-corrected chi connectivity index (χ0v) is 16.9. The van der Waals surface area contributed by atoms with E-state index in [4.69, 9.17) is 4.74 Å². The SMILES string of the molecule is CCc1ccc(NC(=O)[C@@H](C)N2CCN(CCOc3ccccc3)CC2)cc1. The van der Waals surface area contributed by atoms with E-state index in [0.717, 1.165) is 50.6 Å². The van der Waals surface area contributed by atoms with Gasteiger partial charge in [-0.25, -0.2) is 0 Å². The number of benzene rings is 2. The van der Waals surface area contributed by atoms with Crippen molar-refractivity contribution in [2.24, 2.45) is 0 Å². The van der Waals surface area contributed by atoms with E-state index in [-0.39, 0.29) is 11.9 Å². The number of rotatable bonds is 8. The Labute approximate surface area is 168 Å². The Morgan fingerprint density at radius 1 is 1.04 bits per heavy atom. The van der Waals surface area contributed by atoms with Crippen LogP contribution in [0.1, 0.15) is 19.4 Å². The largest absolute Gasteiger partial charge is 0.492 e. The molecule has 1 fully saturated rings. The third kappa shape index (κ3) is 5.81. The van der Waals surface area contributed by atoms with Gasteiger partial charge >= 0.3 is 0 Å². The fraction of sp³-hybridized carbons (Fsp3) is 0.435. The van der Waals surface area contributed by atoms with Crippen molar-refractivity contribution in [2.45, 2.75) is 26.3 Å². The fourth-order valence-corrected chi connectivity index (χ4v) is 3.42. The van der Waals surface area contributed by atoms with E-state index in [1.165, 1.54) is 5.56 Å². The second kappa shape index (κ2) is 10.2. The Morgan fingerprint density at radius 2 is 1.71 bits per heavy atom. The first kappa shape index (κ1) is 20.4. The summed E-state index contributed by atoms with van der Waals surface area (Å²) in [6.07, 6.45) is 1.01. The monoisotopic (exact) mass is 381 g/mol. The Bertz CT molecular complexity index is 725. The van der Waals surface area contributed by atoms with E-state index in [9.17, 15) is 4.79 Å². The molecular weight excluding hydrogens is 350 g/mol. The van der Waals surface area contributed by atoms with Crippen LogP contribution in [0.4, 0.5) is 5.69 Å². The zero-order chi connectivity index (χ0) is 19.8. The molecule has 1 atom stereocenters. The molecule has 1 aliphatic rings. The molecule has 0 aromatic heterocycles. The topological polar surface area (TPSA) is 44.8 Å². The van der Waals surface area contributed by atoms with Crippen LogP contribution in [-0.2, 0) is 11.2 Å². The number of para-hydroxylation sites is 1. The molecular formula is C23H31N3O2. The van der Waals surface area contributed by atoms with Crippen LogP contribution in [-0.4, -0.2) is 61.1 Å². The van der Waals surface area contributed by atoms with E-state index in [1.807, 2.05) is 49.4 Å². The Kier molecular flexibility index (Phi) is 7.46. The van der Waals surface area contributed by atoms with Gasteiger partial charge in [0.25, 0.3) is 0 Å². The minimum atomic E-state index is -0.131. The molecule has 0 saturated carbocycles. The number of piperazine rings is 1. The second-order valence-electron chi connectivity index (χ2n) is 7.25. The lowest BCUT2D eigenvalue weighted by Gasteiger charge is -2.37. The highest BCUT2D eigenvalue weighted by Crippen LogP contribution is 2.13. The molecule has 1 heterocycles. The number of hydrogen-bond donors (Lipinski definition) is 1. The van der Waals surface area contributed by atoms with Crippen molar-refractivity contribution in [1.29, 1.82) is 0 Å². The maximum atomic E-state index is 12.6. The first-order valence-electron chi connectivity index (χ1n) is 10.2. The molecule has 0 bridgehead atoms. The number of hydrogen-bond acceptors (Lipinski definition) is 4. The van der Waals surface area contributed by atoms with Crippen LogP contribution in [0.15, 0.2) is 54.6 Å². The summed E-state index contributed by atoms with van der Waals surface area (Å²) in [4.78, 5) is 17.2. The third-order valence-corrected chi connectivity index (χ3v) is 5.38. The molecule has 0 spiro atoms. The third-order valence-electron chi connectivity index (χ3n) is 5.38. The fourth-order valence-electron chi connectivity index (χ4n) is 3.42. The number of nitrogens with zero attached hydrogens (tertiary/aromatic N) is 2. The van der Waals surface area contributed by atoms with Crippen LogP contribution >= 0.6 is 0 Å². The van der Waals surface area contributed by atoms with Gasteiger partial charge in [0.2, 0.25) is 5.91 Å². The second-order valence-corrected chi connectivity index (χ2v) is 7.25. The maximum Gasteiger partial charge on any atom is 0.241 e. The molecule has 0 aliphatic carbocycles. The molecule has 2 aromatic rings. The van der Waals surface area contributed by atoms with Gasteiger partial charge < -0.3 is 10.1 Å². The van der Waals surface area contributed by atoms with Crippen molar-refractivity contribution in [3.63, 3.8) is 0 Å². The van der Waals surface area contributed by atoms with Crippen LogP contribution in [0.2, 0.25) is 0 Å². The number of ether oxygens (including phenoxy) is 1. The lowest BCUT2D eigenvalue weighted by atomic mass is 10.1. The van der Waals surface area contributed by atoms with Gasteiger partial charge in [-0.05, 0) is 43.2 Å². The van der Waals surface area contributed by atoms with E-state index in [0.29, 0.717) is 6.61 Å². The summed E-state index contributed by atoms with van der Waals surface area (Å²) < 4.78 is 5.78. The van der Waals surface area contributed by atoms with Gasteiger partial charge in [0, 0.05) is 38.4 Å². The Hall–Kier alpha value is -2.37. The van der Waals surface area contributed by atoms with Crippen LogP contribution in [0, 0.1) is 0 Å². The van der Waals surface area contributed by atoms with Crippen LogP contribution < -0.4 is 10.1 Å². The predicted molar refractivity (Wildman–Crippen MR) is 114 cm³/mol. The quantitative estimate of drug-likeness (QED) is 0.762. The van der Waals surface area contributed by atoms with Gasteiger partial charge in [-0.3, -0.25) is 14.6 Å². The molecule has 2 aromatic carbocycles. The predicted octanol–water partition coefficient (Wildman–Crippen LogP) is 3.27. The average molecular weight is 382 g/mol. The van der Waals surface area contributed by atoms with Crippen LogP contribution in [0.25, 0.3) is 0 Å². The summed E-state index contributed by atoms with van der Waals surface area (Å²) in [5.74, 6) is 0.975. The summed E-state index contributed by atoms with van der Waals surface area (Å²) in [5.41, 5.74) is 2.14. The molecule has 1 saturated heterocycles. The summed E-state index contributed by atoms with van der Waals surface area (Å²) in [7, 11) is 0. The minimum absolute atomic E-state index is 0.0603. The van der Waals surface area contributed by atoms with E-state index in [1.54, 1.807) is 0 Å². The Morgan fingerprint density at radius 3 is 2.36 bits per heavy atom. The highest BCUT2D eigenvalue weighted by atomic mass is 16.5. The summed E-state index contributed by atoms with van der Waals surface area (Å²) in [6.45, 7) is 9.43. The molecule has 1 amide bonds. The smallest absolute Gasteiger partial charge is 0.241 e. The molecule has 1 aliphatic heterocycles. The highest BCUT2D eigenvalue weighted by molar-refractivity contribution is 5.94. The standard InChI is InChI=1S/C23H31N3O2/c1-3-20-9-11-21(12-10-20)24-23(27)19(2)26-15-13-25(14-16-26)17-18-28-22-7-5-4-6-8-22/h4-12,19H,3,13-18H2,1-2H3,(H,24,27)/t19-/m1/s1. The molecule has 0 unspecified atom stereocenters. The number of aryl methyl sites for hydroxylation is 1. The van der Waals surface area contributed by atoms with Crippen LogP contribution in [0.3, 0.4) is 0 Å². The van der Waals surface area contributed by atoms with Crippen molar-refractivity contribution in [3.05, 3.63) is 60.2 Å². The minimum Gasteiger partial charge on any atom is -0.492 e. The van der Waals surface area contributed by atoms with Gasteiger partial charge in [0.1, 0.15) is 12.4 Å². The molecule has 5 nitrogen and oxygen atoms in total. The van der Waals surface area contributed by atoms with Crippen molar-refractivity contribution in [3.8, 4) is 5.75 Å². The lowest BCUT2D eigenvalue weighted by Crippen LogP contribution is -2.53. The number of carbonyl (C=O) groups is 1. The summed E-state index contributed by atoms with van der Waals surface area (Å²) >= 11 is 0. The van der Waals surface area contributed by atoms with Crippen LogP contribution in [0.5, 0.6) is 5.75 Å². The van der Waals surface area contributed by atoms with Gasteiger partial charge in [0.15, 0.2) is 0 Å². The van der Waals surface area contributed by atoms with Crippen molar-refractivity contribution >= 4 is 11.6 Å². The van der Waals surface area contributed by atoms with E-state index >= 15 is 0 Å². The molecule has 3 rings (SSSR count). The molecule has 1 N–H and O–H groups in total.